The zero-order valence-electron chi connectivity index (χ0n) is 11.7. The molecule has 20 heavy (non-hydrogen) atoms. The molecule has 1 aliphatic heterocycles. The summed E-state index contributed by atoms with van der Waals surface area (Å²) >= 11 is 1.79. The number of rotatable bonds is 3. The smallest absolute Gasteiger partial charge is 0.224 e. The third-order valence-electron chi connectivity index (χ3n) is 3.80. The van der Waals surface area contributed by atoms with Crippen LogP contribution in [0.25, 0.3) is 0 Å². The predicted molar refractivity (Wildman–Crippen MR) is 84.1 cm³/mol. The number of anilines is 1. The van der Waals surface area contributed by atoms with Gasteiger partial charge in [0.2, 0.25) is 5.91 Å². The van der Waals surface area contributed by atoms with E-state index >= 15 is 0 Å². The molecule has 0 aliphatic carbocycles. The van der Waals surface area contributed by atoms with Crippen LogP contribution >= 0.6 is 11.8 Å². The van der Waals surface area contributed by atoms with Gasteiger partial charge in [-0.25, -0.2) is 0 Å². The van der Waals surface area contributed by atoms with Gasteiger partial charge >= 0.3 is 0 Å². The van der Waals surface area contributed by atoms with Gasteiger partial charge in [0.25, 0.3) is 0 Å². The number of hydrogen-bond donors (Lipinski definition) is 0. The van der Waals surface area contributed by atoms with E-state index in [-0.39, 0.29) is 11.4 Å². The summed E-state index contributed by atoms with van der Waals surface area (Å²) in [5, 5.41) is 0. The molecule has 1 unspecified atom stereocenters. The third-order valence-corrected chi connectivity index (χ3v) is 5.11. The van der Waals surface area contributed by atoms with Crippen LogP contribution in [0.3, 0.4) is 0 Å². The average molecular weight is 283 g/mol. The summed E-state index contributed by atoms with van der Waals surface area (Å²) in [6.07, 6.45) is 0. The molecule has 1 amide bonds. The lowest BCUT2D eigenvalue weighted by atomic mass is 9.81. The fraction of sp³-hybridized carbons (Fsp3) is 0.235. The molecular weight excluding hydrogens is 266 g/mol. The summed E-state index contributed by atoms with van der Waals surface area (Å²) in [6.45, 7) is 3.79. The molecule has 2 aromatic carbocycles. The highest BCUT2D eigenvalue weighted by Crippen LogP contribution is 2.49. The molecule has 1 heterocycles. The van der Waals surface area contributed by atoms with Crippen LogP contribution < -0.4 is 4.90 Å². The highest BCUT2D eigenvalue weighted by atomic mass is 32.2. The predicted octanol–water partition coefficient (Wildman–Crippen LogP) is 4.06. The molecule has 0 bridgehead atoms. The van der Waals surface area contributed by atoms with E-state index < -0.39 is 0 Å². The lowest BCUT2D eigenvalue weighted by Crippen LogP contribution is -2.56. The summed E-state index contributed by atoms with van der Waals surface area (Å²) in [7, 11) is 0. The van der Waals surface area contributed by atoms with Crippen LogP contribution in [0.4, 0.5) is 5.69 Å². The van der Waals surface area contributed by atoms with Crippen molar-refractivity contribution in [2.24, 2.45) is 0 Å². The van der Waals surface area contributed by atoms with Crippen molar-refractivity contribution in [3.8, 4) is 0 Å². The lowest BCUT2D eigenvalue weighted by Gasteiger charge is -2.51. The Hall–Kier alpha value is -1.74. The maximum Gasteiger partial charge on any atom is 0.224 e. The van der Waals surface area contributed by atoms with Crippen LogP contribution in [0.15, 0.2) is 59.5 Å². The zero-order chi connectivity index (χ0) is 14.2. The number of thioether (sulfide) groups is 1. The van der Waals surface area contributed by atoms with Gasteiger partial charge in [0.05, 0.1) is 11.2 Å². The second-order valence-electron chi connectivity index (χ2n) is 5.25. The summed E-state index contributed by atoms with van der Waals surface area (Å²) in [6, 6.07) is 18.5. The topological polar surface area (TPSA) is 20.3 Å². The van der Waals surface area contributed by atoms with Gasteiger partial charge in [-0.05, 0) is 25.1 Å². The van der Waals surface area contributed by atoms with Crippen molar-refractivity contribution in [2.45, 2.75) is 24.3 Å². The van der Waals surface area contributed by atoms with Gasteiger partial charge in [-0.3, -0.25) is 4.79 Å². The van der Waals surface area contributed by atoms with Gasteiger partial charge in [0, 0.05) is 23.1 Å². The van der Waals surface area contributed by atoms with Gasteiger partial charge in [0.1, 0.15) is 0 Å². The fourth-order valence-corrected chi connectivity index (χ4v) is 3.94. The second-order valence-corrected chi connectivity index (χ2v) is 6.30. The van der Waals surface area contributed by atoms with Gasteiger partial charge in [-0.15, -0.1) is 11.8 Å². The second kappa shape index (κ2) is 4.98. The molecule has 3 heteroatoms. The number of carbonyl (C=O) groups excluding carboxylic acids is 1. The fourth-order valence-electron chi connectivity index (χ4n) is 2.86. The highest BCUT2D eigenvalue weighted by molar-refractivity contribution is 7.99. The number of carbonyl (C=O) groups is 1. The molecule has 3 rings (SSSR count). The number of amides is 1. The molecule has 0 radical (unpaired) electrons. The summed E-state index contributed by atoms with van der Waals surface area (Å²) in [5.41, 5.74) is 2.11. The molecular formula is C17H17NOS. The van der Waals surface area contributed by atoms with Crippen LogP contribution in [0, 0.1) is 0 Å². The molecule has 0 N–H and O–H groups in total. The maximum atomic E-state index is 11.9. The Kier molecular flexibility index (Phi) is 3.30. The lowest BCUT2D eigenvalue weighted by molar-refractivity contribution is -0.118. The van der Waals surface area contributed by atoms with E-state index in [1.165, 1.54) is 10.5 Å². The Morgan fingerprint density at radius 3 is 2.45 bits per heavy atom. The van der Waals surface area contributed by atoms with Gasteiger partial charge in [-0.1, -0.05) is 36.4 Å². The number of nitrogens with zero attached hydrogens (tertiary/aromatic N) is 1. The molecule has 1 aliphatic rings. The van der Waals surface area contributed by atoms with Gasteiger partial charge in [0.15, 0.2) is 0 Å². The Balaban J connectivity index is 1.86. The van der Waals surface area contributed by atoms with E-state index in [9.17, 15) is 4.79 Å². The average Bonchev–Trinajstić information content (AvgIpc) is 2.45. The minimum Gasteiger partial charge on any atom is -0.301 e. The first-order chi connectivity index (χ1) is 9.63. The van der Waals surface area contributed by atoms with Crippen molar-refractivity contribution in [2.75, 3.05) is 10.7 Å². The van der Waals surface area contributed by atoms with Crippen molar-refractivity contribution < 1.29 is 4.79 Å². The number of fused-ring (bicyclic) bond motifs is 1. The van der Waals surface area contributed by atoms with Gasteiger partial charge < -0.3 is 4.90 Å². The molecule has 0 saturated carbocycles. The molecule has 0 fully saturated rings. The van der Waals surface area contributed by atoms with E-state index in [1.807, 2.05) is 41.3 Å². The van der Waals surface area contributed by atoms with Crippen molar-refractivity contribution in [1.29, 1.82) is 0 Å². The SMILES string of the molecule is CC(=O)N1c2ccccc2C1(C)CSc1ccccc1. The normalized spacial score (nSPS) is 20.2. The molecule has 0 aromatic heterocycles. The monoisotopic (exact) mass is 283 g/mol. The van der Waals surface area contributed by atoms with Crippen molar-refractivity contribution in [3.63, 3.8) is 0 Å². The number of hydrogen-bond acceptors (Lipinski definition) is 2. The molecule has 102 valence electrons. The van der Waals surface area contributed by atoms with Crippen molar-refractivity contribution in [3.05, 3.63) is 60.2 Å². The Morgan fingerprint density at radius 1 is 1.10 bits per heavy atom. The van der Waals surface area contributed by atoms with Crippen LogP contribution in [-0.4, -0.2) is 11.7 Å². The van der Waals surface area contributed by atoms with E-state index in [0.29, 0.717) is 0 Å². The third kappa shape index (κ3) is 2.02. The molecule has 2 nitrogen and oxygen atoms in total. The van der Waals surface area contributed by atoms with Gasteiger partial charge in [-0.2, -0.15) is 0 Å². The molecule has 1 atom stereocenters. The van der Waals surface area contributed by atoms with Crippen LogP contribution in [0.5, 0.6) is 0 Å². The molecule has 2 aromatic rings. The minimum atomic E-state index is -0.205. The molecule has 0 saturated heterocycles. The summed E-state index contributed by atoms with van der Waals surface area (Å²) in [4.78, 5) is 15.1. The Morgan fingerprint density at radius 2 is 1.75 bits per heavy atom. The highest BCUT2D eigenvalue weighted by Gasteiger charge is 2.47. The largest absolute Gasteiger partial charge is 0.301 e. The first-order valence-corrected chi connectivity index (χ1v) is 7.69. The van der Waals surface area contributed by atoms with Crippen LogP contribution in [0.1, 0.15) is 19.4 Å². The Labute approximate surface area is 123 Å². The quantitative estimate of drug-likeness (QED) is 0.792. The first-order valence-electron chi connectivity index (χ1n) is 6.71. The van der Waals surface area contributed by atoms with Crippen molar-refractivity contribution >= 4 is 23.4 Å². The molecule has 0 spiro atoms. The maximum absolute atomic E-state index is 11.9. The van der Waals surface area contributed by atoms with Crippen LogP contribution in [0.2, 0.25) is 0 Å². The van der Waals surface area contributed by atoms with E-state index in [0.717, 1.165) is 11.4 Å². The van der Waals surface area contributed by atoms with Crippen LogP contribution in [-0.2, 0) is 10.3 Å². The Bertz CT molecular complexity index is 640. The van der Waals surface area contributed by atoms with E-state index in [1.54, 1.807) is 18.7 Å². The minimum absolute atomic E-state index is 0.111. The standard InChI is InChI=1S/C17H17NOS/c1-13(19)18-16-11-7-6-10-15(16)17(18,2)12-20-14-8-4-3-5-9-14/h3-11H,12H2,1-2H3. The van der Waals surface area contributed by atoms with E-state index in [2.05, 4.69) is 25.1 Å². The zero-order valence-corrected chi connectivity index (χ0v) is 12.5. The number of para-hydroxylation sites is 1. The first kappa shape index (κ1) is 13.3. The summed E-state index contributed by atoms with van der Waals surface area (Å²) in [5.74, 6) is 0.980. The van der Waals surface area contributed by atoms with E-state index in [4.69, 9.17) is 0 Å². The number of benzene rings is 2. The summed E-state index contributed by atoms with van der Waals surface area (Å²) < 4.78 is 0. The van der Waals surface area contributed by atoms with Crippen molar-refractivity contribution in [1.82, 2.24) is 0 Å².